The molecule has 5 nitrogen and oxygen atoms in total. The molecule has 1 aromatic carbocycles. The monoisotopic (exact) mass is 329 g/mol. The van der Waals surface area contributed by atoms with Crippen LogP contribution >= 0.6 is 0 Å². The molecule has 0 unspecified atom stereocenters. The van der Waals surface area contributed by atoms with Crippen LogP contribution in [-0.2, 0) is 11.3 Å². The molecule has 0 radical (unpaired) electrons. The molecule has 0 aliphatic carbocycles. The van der Waals surface area contributed by atoms with Gasteiger partial charge in [-0.05, 0) is 31.0 Å². The molecule has 0 aromatic heterocycles. The topological polar surface area (TPSA) is 46.1 Å². The Kier molecular flexibility index (Phi) is 8.97. The summed E-state index contributed by atoms with van der Waals surface area (Å²) in [6.45, 7) is 1.96. The zero-order valence-corrected chi connectivity index (χ0v) is 13.9. The van der Waals surface area contributed by atoms with Gasteiger partial charge >= 0.3 is 6.61 Å². The lowest BCUT2D eigenvalue weighted by Gasteiger charge is -2.22. The van der Waals surface area contributed by atoms with Gasteiger partial charge < -0.3 is 19.7 Å². The van der Waals surface area contributed by atoms with Crippen LogP contribution in [0.2, 0.25) is 0 Å². The van der Waals surface area contributed by atoms with Gasteiger partial charge in [0.05, 0.1) is 0 Å². The predicted molar refractivity (Wildman–Crippen MR) is 87.0 cm³/mol. The third-order valence-electron chi connectivity index (χ3n) is 3.03. The van der Waals surface area contributed by atoms with E-state index in [0.29, 0.717) is 19.7 Å². The fourth-order valence-electron chi connectivity index (χ4n) is 1.99. The Morgan fingerprint density at radius 3 is 2.57 bits per heavy atom. The minimum Gasteiger partial charge on any atom is -0.435 e. The lowest BCUT2D eigenvalue weighted by atomic mass is 10.2. The first-order chi connectivity index (χ1) is 11.1. The molecule has 0 atom stereocenters. The molecule has 0 saturated carbocycles. The number of halogens is 2. The average molecular weight is 329 g/mol. The van der Waals surface area contributed by atoms with Crippen molar-refractivity contribution < 1.29 is 18.3 Å². The molecule has 7 heteroatoms. The number of nitrogens with one attached hydrogen (secondary N) is 1. The normalized spacial score (nSPS) is 11.7. The van der Waals surface area contributed by atoms with Gasteiger partial charge in [0.15, 0.2) is 5.96 Å². The second-order valence-corrected chi connectivity index (χ2v) is 4.96. The molecule has 0 bridgehead atoms. The van der Waals surface area contributed by atoms with Crippen molar-refractivity contribution >= 4 is 5.96 Å². The molecule has 1 rings (SSSR count). The fourth-order valence-corrected chi connectivity index (χ4v) is 1.99. The van der Waals surface area contributed by atoms with Crippen molar-refractivity contribution in [3.8, 4) is 5.75 Å². The van der Waals surface area contributed by atoms with E-state index >= 15 is 0 Å². The molecule has 0 fully saturated rings. The predicted octanol–water partition coefficient (Wildman–Crippen LogP) is 2.72. The number of aliphatic imine (C=N–C) groups is 1. The summed E-state index contributed by atoms with van der Waals surface area (Å²) in [5.74, 6) is 0.961. The van der Waals surface area contributed by atoms with Crippen molar-refractivity contribution in [2.24, 2.45) is 4.99 Å². The quantitative estimate of drug-likeness (QED) is 0.430. The molecule has 0 spiro atoms. The third-order valence-corrected chi connectivity index (χ3v) is 3.03. The summed E-state index contributed by atoms with van der Waals surface area (Å²) in [5, 5.41) is 3.23. The Morgan fingerprint density at radius 2 is 2.00 bits per heavy atom. The molecule has 1 aromatic rings. The van der Waals surface area contributed by atoms with Gasteiger partial charge in [-0.3, -0.25) is 4.99 Å². The Labute approximate surface area is 136 Å². The molecule has 0 aliphatic heterocycles. The van der Waals surface area contributed by atoms with E-state index < -0.39 is 6.61 Å². The summed E-state index contributed by atoms with van der Waals surface area (Å²) in [4.78, 5) is 6.52. The van der Waals surface area contributed by atoms with Crippen LogP contribution in [0.5, 0.6) is 5.75 Å². The number of benzene rings is 1. The molecule has 0 amide bonds. The Hall–Kier alpha value is -1.89. The van der Waals surface area contributed by atoms with Crippen LogP contribution in [0, 0.1) is 0 Å². The van der Waals surface area contributed by atoms with Crippen molar-refractivity contribution in [2.75, 3.05) is 33.9 Å². The van der Waals surface area contributed by atoms with Gasteiger partial charge in [-0.1, -0.05) is 12.1 Å². The van der Waals surface area contributed by atoms with Crippen molar-refractivity contribution in [1.29, 1.82) is 0 Å². The van der Waals surface area contributed by atoms with Crippen LogP contribution < -0.4 is 10.1 Å². The van der Waals surface area contributed by atoms with Gasteiger partial charge in [-0.25, -0.2) is 0 Å². The lowest BCUT2D eigenvalue weighted by molar-refractivity contribution is -0.0498. The largest absolute Gasteiger partial charge is 0.435 e. The van der Waals surface area contributed by atoms with Crippen molar-refractivity contribution in [1.82, 2.24) is 10.2 Å². The molecule has 0 heterocycles. The summed E-state index contributed by atoms with van der Waals surface area (Å²) in [6.07, 6.45) is 0.860. The van der Waals surface area contributed by atoms with E-state index in [1.54, 1.807) is 19.2 Å². The van der Waals surface area contributed by atoms with Crippen molar-refractivity contribution in [3.63, 3.8) is 0 Å². The molecule has 0 aliphatic rings. The second-order valence-electron chi connectivity index (χ2n) is 4.96. The number of guanidine groups is 1. The van der Waals surface area contributed by atoms with Crippen LogP contribution in [0.15, 0.2) is 29.3 Å². The van der Waals surface area contributed by atoms with Crippen molar-refractivity contribution in [2.45, 2.75) is 26.5 Å². The number of methoxy groups -OCH3 is 1. The van der Waals surface area contributed by atoms with Gasteiger partial charge in [0.25, 0.3) is 0 Å². The van der Waals surface area contributed by atoms with E-state index in [9.17, 15) is 8.78 Å². The van der Waals surface area contributed by atoms with Gasteiger partial charge in [-0.2, -0.15) is 8.78 Å². The Bertz CT molecular complexity index is 467. The highest BCUT2D eigenvalue weighted by atomic mass is 19.3. The summed E-state index contributed by atoms with van der Waals surface area (Å²) in [5.41, 5.74) is 0.983. The van der Waals surface area contributed by atoms with Crippen LogP contribution in [0.1, 0.15) is 18.9 Å². The summed E-state index contributed by atoms with van der Waals surface area (Å²) >= 11 is 0. The molecule has 130 valence electrons. The minimum atomic E-state index is -2.80. The minimum absolute atomic E-state index is 0.159. The van der Waals surface area contributed by atoms with E-state index in [4.69, 9.17) is 4.74 Å². The molecule has 0 saturated heterocycles. The van der Waals surface area contributed by atoms with E-state index in [2.05, 4.69) is 15.0 Å². The van der Waals surface area contributed by atoms with E-state index in [1.165, 1.54) is 12.1 Å². The summed E-state index contributed by atoms with van der Waals surface area (Å²) in [6, 6.07) is 6.61. The SMILES string of the molecule is CCNC(=NCCCOC)N(C)Cc1ccc(OC(F)F)cc1. The van der Waals surface area contributed by atoms with E-state index in [-0.39, 0.29) is 5.75 Å². The summed E-state index contributed by atoms with van der Waals surface area (Å²) in [7, 11) is 3.60. The highest BCUT2D eigenvalue weighted by molar-refractivity contribution is 5.79. The van der Waals surface area contributed by atoms with Gasteiger partial charge in [0.1, 0.15) is 5.75 Å². The molecular weight excluding hydrogens is 304 g/mol. The third kappa shape index (κ3) is 7.78. The summed E-state index contributed by atoms with van der Waals surface area (Å²) < 4.78 is 33.6. The maximum atomic E-state index is 12.1. The number of hydrogen-bond donors (Lipinski definition) is 1. The lowest BCUT2D eigenvalue weighted by Crippen LogP contribution is -2.38. The number of rotatable bonds is 9. The van der Waals surface area contributed by atoms with E-state index in [0.717, 1.165) is 24.5 Å². The number of ether oxygens (including phenoxy) is 2. The van der Waals surface area contributed by atoms with Gasteiger partial charge in [0.2, 0.25) is 0 Å². The number of alkyl halides is 2. The van der Waals surface area contributed by atoms with Gasteiger partial charge in [0, 0.05) is 40.4 Å². The van der Waals surface area contributed by atoms with Crippen molar-refractivity contribution in [3.05, 3.63) is 29.8 Å². The first-order valence-corrected chi connectivity index (χ1v) is 7.59. The molecule has 1 N–H and O–H groups in total. The first kappa shape index (κ1) is 19.2. The van der Waals surface area contributed by atoms with Gasteiger partial charge in [-0.15, -0.1) is 0 Å². The first-order valence-electron chi connectivity index (χ1n) is 7.59. The number of nitrogens with zero attached hydrogens (tertiary/aromatic N) is 2. The highest BCUT2D eigenvalue weighted by Crippen LogP contribution is 2.15. The Morgan fingerprint density at radius 1 is 1.30 bits per heavy atom. The van der Waals surface area contributed by atoms with Crippen LogP contribution in [-0.4, -0.2) is 51.3 Å². The second kappa shape index (κ2) is 10.8. The van der Waals surface area contributed by atoms with Crippen LogP contribution in [0.4, 0.5) is 8.78 Å². The maximum Gasteiger partial charge on any atom is 0.387 e. The highest BCUT2D eigenvalue weighted by Gasteiger charge is 2.08. The zero-order chi connectivity index (χ0) is 17.1. The average Bonchev–Trinajstić information content (AvgIpc) is 2.51. The zero-order valence-electron chi connectivity index (χ0n) is 13.9. The fraction of sp³-hybridized carbons (Fsp3) is 0.562. The molecule has 23 heavy (non-hydrogen) atoms. The maximum absolute atomic E-state index is 12.1. The Balaban J connectivity index is 2.60. The standard InChI is InChI=1S/C16H25F2N3O2/c1-4-19-16(20-10-5-11-22-3)21(2)12-13-6-8-14(9-7-13)23-15(17)18/h6-9,15H,4-5,10-12H2,1-3H3,(H,19,20). The van der Waals surface area contributed by atoms with E-state index in [1.807, 2.05) is 18.9 Å². The smallest absolute Gasteiger partial charge is 0.387 e. The van der Waals surface area contributed by atoms with Crippen LogP contribution in [0.3, 0.4) is 0 Å². The molecular formula is C16H25F2N3O2. The number of hydrogen-bond acceptors (Lipinski definition) is 3. The van der Waals surface area contributed by atoms with Crippen LogP contribution in [0.25, 0.3) is 0 Å².